The number of ether oxygens (including phenoxy) is 3. The van der Waals surface area contributed by atoms with Crippen molar-refractivity contribution in [1.29, 1.82) is 0 Å². The van der Waals surface area contributed by atoms with Gasteiger partial charge >= 0.3 is 0 Å². The van der Waals surface area contributed by atoms with Gasteiger partial charge in [-0.15, -0.1) is 11.3 Å². The van der Waals surface area contributed by atoms with Crippen molar-refractivity contribution in [3.63, 3.8) is 0 Å². The maximum absolute atomic E-state index is 13.9. The molecule has 0 spiro atoms. The molecular weight excluding hydrogens is 560 g/mol. The molecular formula is C35H38N2O5S. The predicted molar refractivity (Wildman–Crippen MR) is 170 cm³/mol. The number of carbonyl (C=O) groups is 2. The minimum Gasteiger partial charge on any atom is -0.493 e. The van der Waals surface area contributed by atoms with Crippen LogP contribution >= 0.6 is 11.3 Å². The Labute approximate surface area is 257 Å². The summed E-state index contributed by atoms with van der Waals surface area (Å²) in [6.45, 7) is 2.03. The second-order valence-electron chi connectivity index (χ2n) is 10.6. The Hall–Kier alpha value is -4.14. The largest absolute Gasteiger partial charge is 0.493 e. The molecule has 1 aromatic heterocycles. The van der Waals surface area contributed by atoms with Gasteiger partial charge < -0.3 is 24.0 Å². The van der Waals surface area contributed by atoms with E-state index in [1.807, 2.05) is 95.2 Å². The molecule has 7 nitrogen and oxygen atoms in total. The molecule has 0 aliphatic carbocycles. The third-order valence-corrected chi connectivity index (χ3v) is 8.56. The van der Waals surface area contributed by atoms with Crippen LogP contribution in [0.25, 0.3) is 11.1 Å². The van der Waals surface area contributed by atoms with Crippen LogP contribution in [-0.4, -0.2) is 68.2 Å². The summed E-state index contributed by atoms with van der Waals surface area (Å²) in [7, 11) is 3.23. The van der Waals surface area contributed by atoms with Crippen LogP contribution in [0.3, 0.4) is 0 Å². The lowest BCUT2D eigenvalue weighted by Gasteiger charge is -2.29. The SMILES string of the molecule is COc1ccc(CCN(Cc2cccs2)C(=O)CN(CC2CCCO2)C(=O)c2ccc(-c3ccccc3)cc2)cc1OC. The van der Waals surface area contributed by atoms with Crippen molar-refractivity contribution in [2.75, 3.05) is 40.5 Å². The van der Waals surface area contributed by atoms with Gasteiger partial charge in [0.1, 0.15) is 6.54 Å². The maximum Gasteiger partial charge on any atom is 0.254 e. The van der Waals surface area contributed by atoms with E-state index < -0.39 is 0 Å². The molecule has 3 aromatic carbocycles. The first-order valence-corrected chi connectivity index (χ1v) is 15.5. The van der Waals surface area contributed by atoms with Gasteiger partial charge in [0.2, 0.25) is 5.91 Å². The van der Waals surface area contributed by atoms with Gasteiger partial charge in [0.05, 0.1) is 26.9 Å². The zero-order valence-electron chi connectivity index (χ0n) is 24.7. The Morgan fingerprint density at radius 3 is 2.33 bits per heavy atom. The summed E-state index contributed by atoms with van der Waals surface area (Å²) in [5.74, 6) is 1.06. The summed E-state index contributed by atoms with van der Waals surface area (Å²) >= 11 is 1.62. The number of hydrogen-bond donors (Lipinski definition) is 0. The Morgan fingerprint density at radius 2 is 1.65 bits per heavy atom. The number of nitrogens with zero attached hydrogens (tertiary/aromatic N) is 2. The van der Waals surface area contributed by atoms with Crippen molar-refractivity contribution < 1.29 is 23.8 Å². The van der Waals surface area contributed by atoms with E-state index in [1.54, 1.807) is 30.5 Å². The van der Waals surface area contributed by atoms with Crippen LogP contribution in [0, 0.1) is 0 Å². The van der Waals surface area contributed by atoms with E-state index in [9.17, 15) is 9.59 Å². The van der Waals surface area contributed by atoms with E-state index >= 15 is 0 Å². The molecule has 8 heteroatoms. The molecule has 1 saturated heterocycles. The van der Waals surface area contributed by atoms with Crippen LogP contribution in [0.4, 0.5) is 0 Å². The van der Waals surface area contributed by atoms with Crippen molar-refractivity contribution in [3.05, 3.63) is 106 Å². The lowest BCUT2D eigenvalue weighted by atomic mass is 10.0. The summed E-state index contributed by atoms with van der Waals surface area (Å²) < 4.78 is 16.7. The molecule has 1 unspecified atom stereocenters. The second-order valence-corrected chi connectivity index (χ2v) is 11.6. The summed E-state index contributed by atoms with van der Waals surface area (Å²) in [4.78, 5) is 32.4. The lowest BCUT2D eigenvalue weighted by Crippen LogP contribution is -2.45. The third-order valence-electron chi connectivity index (χ3n) is 7.70. The lowest BCUT2D eigenvalue weighted by molar-refractivity contribution is -0.132. The average molecular weight is 599 g/mol. The number of hydrogen-bond acceptors (Lipinski definition) is 6. The number of amides is 2. The zero-order chi connectivity index (χ0) is 30.0. The second kappa shape index (κ2) is 14.8. The van der Waals surface area contributed by atoms with Gasteiger partial charge in [-0.3, -0.25) is 9.59 Å². The highest BCUT2D eigenvalue weighted by atomic mass is 32.1. The number of carbonyl (C=O) groups excluding carboxylic acids is 2. The molecule has 224 valence electrons. The molecule has 43 heavy (non-hydrogen) atoms. The quantitative estimate of drug-likeness (QED) is 0.180. The summed E-state index contributed by atoms with van der Waals surface area (Å²) in [6.07, 6.45) is 2.40. The maximum atomic E-state index is 13.9. The minimum absolute atomic E-state index is 0.0174. The zero-order valence-corrected chi connectivity index (χ0v) is 25.6. The Balaban J connectivity index is 1.33. The first kappa shape index (κ1) is 30.3. The normalized spacial score (nSPS) is 14.3. The topological polar surface area (TPSA) is 68.3 Å². The van der Waals surface area contributed by atoms with Gasteiger partial charge in [0.15, 0.2) is 11.5 Å². The molecule has 1 fully saturated rings. The molecule has 1 atom stereocenters. The van der Waals surface area contributed by atoms with E-state index in [0.29, 0.717) is 49.7 Å². The highest BCUT2D eigenvalue weighted by Gasteiger charge is 2.27. The Morgan fingerprint density at radius 1 is 0.884 bits per heavy atom. The summed E-state index contributed by atoms with van der Waals surface area (Å²) in [6, 6.07) is 27.5. The summed E-state index contributed by atoms with van der Waals surface area (Å²) in [5, 5.41) is 2.01. The van der Waals surface area contributed by atoms with E-state index in [-0.39, 0.29) is 24.5 Å². The van der Waals surface area contributed by atoms with Crippen LogP contribution in [0.1, 0.15) is 33.6 Å². The Bertz CT molecular complexity index is 1470. The Kier molecular flexibility index (Phi) is 10.5. The number of rotatable bonds is 13. The van der Waals surface area contributed by atoms with Crippen molar-refractivity contribution in [1.82, 2.24) is 9.80 Å². The first-order chi connectivity index (χ1) is 21.0. The van der Waals surface area contributed by atoms with Gasteiger partial charge in [-0.05, 0) is 71.7 Å². The molecule has 4 aromatic rings. The number of benzene rings is 3. The molecule has 2 amide bonds. The highest BCUT2D eigenvalue weighted by molar-refractivity contribution is 7.09. The van der Waals surface area contributed by atoms with E-state index in [1.165, 1.54) is 0 Å². The predicted octanol–water partition coefficient (Wildman–Crippen LogP) is 6.33. The van der Waals surface area contributed by atoms with Crippen LogP contribution in [0.15, 0.2) is 90.3 Å². The standard InChI is InChI=1S/C35H38N2O5S/c1-40-32-17-12-26(22-33(32)41-2)18-19-36(24-31-11-7-21-43-31)34(38)25-37(23-30-10-6-20-42-30)35(39)29-15-13-28(14-16-29)27-8-4-3-5-9-27/h3-5,7-9,11-17,21-22,30H,6,10,18-20,23-25H2,1-2H3. The van der Waals surface area contributed by atoms with Crippen LogP contribution in [0.2, 0.25) is 0 Å². The minimum atomic E-state index is -0.167. The van der Waals surface area contributed by atoms with E-state index in [2.05, 4.69) is 0 Å². The number of thiophene rings is 1. The molecule has 0 N–H and O–H groups in total. The fraction of sp³-hybridized carbons (Fsp3) is 0.314. The van der Waals surface area contributed by atoms with E-state index in [4.69, 9.17) is 14.2 Å². The first-order valence-electron chi connectivity index (χ1n) is 14.6. The van der Waals surface area contributed by atoms with Gasteiger partial charge in [-0.2, -0.15) is 0 Å². The van der Waals surface area contributed by atoms with Crippen molar-refractivity contribution in [3.8, 4) is 22.6 Å². The van der Waals surface area contributed by atoms with Crippen molar-refractivity contribution in [2.45, 2.75) is 31.9 Å². The third kappa shape index (κ3) is 8.03. The smallest absolute Gasteiger partial charge is 0.254 e. The molecule has 0 bridgehead atoms. The molecule has 5 rings (SSSR count). The summed E-state index contributed by atoms with van der Waals surface area (Å²) in [5.41, 5.74) is 3.72. The monoisotopic (exact) mass is 598 g/mol. The molecule has 1 aliphatic rings. The fourth-order valence-electron chi connectivity index (χ4n) is 5.32. The molecule has 0 radical (unpaired) electrons. The van der Waals surface area contributed by atoms with Crippen LogP contribution in [-0.2, 0) is 22.5 Å². The average Bonchev–Trinajstić information content (AvgIpc) is 3.77. The number of methoxy groups -OCH3 is 2. The van der Waals surface area contributed by atoms with Gasteiger partial charge in [0.25, 0.3) is 5.91 Å². The van der Waals surface area contributed by atoms with Gasteiger partial charge in [-0.1, -0.05) is 54.6 Å². The van der Waals surface area contributed by atoms with Gasteiger partial charge in [-0.25, -0.2) is 0 Å². The highest BCUT2D eigenvalue weighted by Crippen LogP contribution is 2.28. The van der Waals surface area contributed by atoms with E-state index in [0.717, 1.165) is 34.4 Å². The van der Waals surface area contributed by atoms with Crippen LogP contribution in [0.5, 0.6) is 11.5 Å². The molecule has 2 heterocycles. The molecule has 0 saturated carbocycles. The van der Waals surface area contributed by atoms with Crippen LogP contribution < -0.4 is 9.47 Å². The fourth-order valence-corrected chi connectivity index (χ4v) is 6.04. The van der Waals surface area contributed by atoms with Gasteiger partial charge in [0, 0.05) is 30.1 Å². The van der Waals surface area contributed by atoms with Crippen molar-refractivity contribution in [2.24, 2.45) is 0 Å². The van der Waals surface area contributed by atoms with Crippen molar-refractivity contribution >= 4 is 23.2 Å². The molecule has 1 aliphatic heterocycles.